The molecule has 1 heterocycles. The Morgan fingerprint density at radius 1 is 1.80 bits per heavy atom. The van der Waals surface area contributed by atoms with Gasteiger partial charge in [0.15, 0.2) is 0 Å². The van der Waals surface area contributed by atoms with E-state index in [1.807, 2.05) is 0 Å². The van der Waals surface area contributed by atoms with E-state index >= 15 is 0 Å². The number of aliphatic carboxylic acids is 1. The molecule has 4 heteroatoms. The van der Waals surface area contributed by atoms with E-state index in [9.17, 15) is 4.79 Å². The molecule has 0 radical (unpaired) electrons. The Kier molecular flexibility index (Phi) is 1.94. The lowest BCUT2D eigenvalue weighted by atomic mass is 10.3. The zero-order chi connectivity index (χ0) is 7.40. The van der Waals surface area contributed by atoms with E-state index in [1.54, 1.807) is 6.21 Å². The number of carboxylic acids is 1. The molecule has 0 spiro atoms. The fourth-order valence-electron chi connectivity index (χ4n) is 0.550. The van der Waals surface area contributed by atoms with Gasteiger partial charge in [0.1, 0.15) is 6.67 Å². The molecule has 10 heavy (non-hydrogen) atoms. The van der Waals surface area contributed by atoms with E-state index in [0.717, 1.165) is 6.08 Å². The molecule has 0 aromatic rings. The van der Waals surface area contributed by atoms with Crippen molar-refractivity contribution in [3.63, 3.8) is 0 Å². The number of hydrogen-bond donors (Lipinski definition) is 1. The van der Waals surface area contributed by atoms with Crippen molar-refractivity contribution in [1.82, 2.24) is 0 Å². The maximum atomic E-state index is 9.97. The van der Waals surface area contributed by atoms with Gasteiger partial charge in [0.2, 0.25) is 0 Å². The standard InChI is InChI=1S/C6H6N2O2/c9-6(10)2-1-5-3-7-4-8-5/h1-3H,4H2,(H,9,10)/b2-1+. The molecule has 1 rings (SSSR count). The van der Waals surface area contributed by atoms with Gasteiger partial charge in [0.05, 0.1) is 5.71 Å². The smallest absolute Gasteiger partial charge is 0.328 e. The molecular weight excluding hydrogens is 132 g/mol. The number of allylic oxidation sites excluding steroid dienone is 1. The second-order valence-corrected chi connectivity index (χ2v) is 1.71. The molecule has 0 unspecified atom stereocenters. The van der Waals surface area contributed by atoms with Crippen LogP contribution in [0.5, 0.6) is 0 Å². The first-order valence-corrected chi connectivity index (χ1v) is 2.74. The minimum Gasteiger partial charge on any atom is -0.478 e. The number of carbonyl (C=O) groups is 1. The van der Waals surface area contributed by atoms with E-state index < -0.39 is 5.97 Å². The van der Waals surface area contributed by atoms with E-state index in [-0.39, 0.29) is 0 Å². The van der Waals surface area contributed by atoms with E-state index in [2.05, 4.69) is 9.98 Å². The summed E-state index contributed by atoms with van der Waals surface area (Å²) in [4.78, 5) is 17.6. The highest BCUT2D eigenvalue weighted by molar-refractivity contribution is 6.37. The zero-order valence-corrected chi connectivity index (χ0v) is 5.19. The minimum atomic E-state index is -0.969. The zero-order valence-electron chi connectivity index (χ0n) is 5.19. The number of aliphatic imine (C=N–C) groups is 2. The second-order valence-electron chi connectivity index (χ2n) is 1.71. The average molecular weight is 138 g/mol. The Hall–Kier alpha value is -1.45. The Balaban J connectivity index is 2.53. The Bertz CT molecular complexity index is 228. The molecule has 1 N–H and O–H groups in total. The summed E-state index contributed by atoms with van der Waals surface area (Å²) in [6, 6.07) is 0. The van der Waals surface area contributed by atoms with Gasteiger partial charge in [0, 0.05) is 12.3 Å². The maximum Gasteiger partial charge on any atom is 0.328 e. The molecule has 0 atom stereocenters. The van der Waals surface area contributed by atoms with Gasteiger partial charge in [-0.15, -0.1) is 0 Å². The quantitative estimate of drug-likeness (QED) is 0.550. The summed E-state index contributed by atoms with van der Waals surface area (Å²) in [6.45, 7) is 0.416. The van der Waals surface area contributed by atoms with Crippen molar-refractivity contribution in [2.75, 3.05) is 6.67 Å². The summed E-state index contributed by atoms with van der Waals surface area (Å²) in [5.74, 6) is -0.969. The molecule has 52 valence electrons. The van der Waals surface area contributed by atoms with Crippen molar-refractivity contribution in [2.45, 2.75) is 0 Å². The van der Waals surface area contributed by atoms with Crippen molar-refractivity contribution >= 4 is 17.9 Å². The third-order valence-corrected chi connectivity index (χ3v) is 0.955. The van der Waals surface area contributed by atoms with Crippen molar-refractivity contribution in [2.24, 2.45) is 9.98 Å². The molecule has 0 amide bonds. The van der Waals surface area contributed by atoms with Gasteiger partial charge in [-0.05, 0) is 6.08 Å². The van der Waals surface area contributed by atoms with E-state index in [4.69, 9.17) is 5.11 Å². The molecule has 4 nitrogen and oxygen atoms in total. The molecule has 0 aromatic carbocycles. The fraction of sp³-hybridized carbons (Fsp3) is 0.167. The van der Waals surface area contributed by atoms with Crippen LogP contribution in [0.3, 0.4) is 0 Å². The van der Waals surface area contributed by atoms with Gasteiger partial charge in [0.25, 0.3) is 0 Å². The third-order valence-electron chi connectivity index (χ3n) is 0.955. The van der Waals surface area contributed by atoms with Crippen LogP contribution in [0, 0.1) is 0 Å². The van der Waals surface area contributed by atoms with Crippen molar-refractivity contribution in [3.05, 3.63) is 12.2 Å². The Labute approximate surface area is 57.6 Å². The van der Waals surface area contributed by atoms with Crippen LogP contribution >= 0.6 is 0 Å². The summed E-state index contributed by atoms with van der Waals surface area (Å²) in [5, 5.41) is 8.19. The molecule has 0 saturated carbocycles. The first-order valence-electron chi connectivity index (χ1n) is 2.74. The predicted octanol–water partition coefficient (Wildman–Crippen LogP) is 0.110. The summed E-state index contributed by atoms with van der Waals surface area (Å²) in [7, 11) is 0. The molecule has 0 bridgehead atoms. The fourth-order valence-corrected chi connectivity index (χ4v) is 0.550. The molecule has 0 fully saturated rings. The highest BCUT2D eigenvalue weighted by Gasteiger charge is 1.94. The number of nitrogens with zero attached hydrogens (tertiary/aromatic N) is 2. The van der Waals surface area contributed by atoms with E-state index in [0.29, 0.717) is 12.4 Å². The first kappa shape index (κ1) is 6.67. The topological polar surface area (TPSA) is 62.0 Å². The highest BCUT2D eigenvalue weighted by Crippen LogP contribution is 1.88. The van der Waals surface area contributed by atoms with Crippen LogP contribution in [0.15, 0.2) is 22.1 Å². The lowest BCUT2D eigenvalue weighted by Gasteiger charge is -1.80. The SMILES string of the molecule is O=C(O)/C=C/C1=NCN=C1. The molecule has 0 aliphatic carbocycles. The third kappa shape index (κ3) is 1.81. The summed E-state index contributed by atoms with van der Waals surface area (Å²) >= 11 is 0. The van der Waals surface area contributed by atoms with Crippen molar-refractivity contribution in [3.8, 4) is 0 Å². The Morgan fingerprint density at radius 2 is 2.60 bits per heavy atom. The summed E-state index contributed by atoms with van der Waals surface area (Å²) in [5.41, 5.74) is 0.613. The van der Waals surface area contributed by atoms with Crippen LogP contribution in [0.2, 0.25) is 0 Å². The summed E-state index contributed by atoms with van der Waals surface area (Å²) in [6.07, 6.45) is 3.99. The Morgan fingerprint density at radius 3 is 3.10 bits per heavy atom. The van der Waals surface area contributed by atoms with Gasteiger partial charge in [-0.1, -0.05) is 0 Å². The van der Waals surface area contributed by atoms with Crippen LogP contribution in [-0.4, -0.2) is 29.7 Å². The summed E-state index contributed by atoms with van der Waals surface area (Å²) < 4.78 is 0. The van der Waals surface area contributed by atoms with Gasteiger partial charge >= 0.3 is 5.97 Å². The number of hydrogen-bond acceptors (Lipinski definition) is 3. The predicted molar refractivity (Wildman–Crippen MR) is 37.6 cm³/mol. The monoisotopic (exact) mass is 138 g/mol. The van der Waals surface area contributed by atoms with Gasteiger partial charge < -0.3 is 5.11 Å². The normalized spacial score (nSPS) is 16.2. The van der Waals surface area contributed by atoms with Crippen molar-refractivity contribution in [1.29, 1.82) is 0 Å². The minimum absolute atomic E-state index is 0.416. The van der Waals surface area contributed by atoms with E-state index in [1.165, 1.54) is 6.08 Å². The molecular formula is C6H6N2O2. The molecule has 1 aliphatic heterocycles. The van der Waals surface area contributed by atoms with Gasteiger partial charge in [-0.3, -0.25) is 9.98 Å². The van der Waals surface area contributed by atoms with Gasteiger partial charge in [-0.2, -0.15) is 0 Å². The lowest BCUT2D eigenvalue weighted by molar-refractivity contribution is -0.131. The second kappa shape index (κ2) is 2.91. The molecule has 0 saturated heterocycles. The number of carboxylic acid groups (broad SMARTS) is 1. The van der Waals surface area contributed by atoms with Crippen LogP contribution in [0.25, 0.3) is 0 Å². The first-order chi connectivity index (χ1) is 4.79. The van der Waals surface area contributed by atoms with Crippen LogP contribution in [0.4, 0.5) is 0 Å². The largest absolute Gasteiger partial charge is 0.478 e. The van der Waals surface area contributed by atoms with Crippen LogP contribution in [-0.2, 0) is 4.79 Å². The van der Waals surface area contributed by atoms with Crippen LogP contribution in [0.1, 0.15) is 0 Å². The number of rotatable bonds is 2. The van der Waals surface area contributed by atoms with Gasteiger partial charge in [-0.25, -0.2) is 4.79 Å². The molecule has 1 aliphatic rings. The van der Waals surface area contributed by atoms with Crippen LogP contribution < -0.4 is 0 Å². The highest BCUT2D eigenvalue weighted by atomic mass is 16.4. The maximum absolute atomic E-state index is 9.97. The average Bonchev–Trinajstić information content (AvgIpc) is 2.34. The molecule has 0 aromatic heterocycles. The lowest BCUT2D eigenvalue weighted by Crippen LogP contribution is -1.93. The van der Waals surface area contributed by atoms with Crippen molar-refractivity contribution < 1.29 is 9.90 Å².